The van der Waals surface area contributed by atoms with Crippen LogP contribution in [0.2, 0.25) is 0 Å². The molecule has 0 atom stereocenters. The fourth-order valence-corrected chi connectivity index (χ4v) is 5.86. The molecule has 0 saturated carbocycles. The molecule has 3 heteroatoms. The van der Waals surface area contributed by atoms with Gasteiger partial charge in [0.2, 0.25) is 0 Å². The van der Waals surface area contributed by atoms with Gasteiger partial charge in [0.25, 0.3) is 0 Å². The van der Waals surface area contributed by atoms with E-state index in [1.165, 1.54) is 26.9 Å². The zero-order valence-corrected chi connectivity index (χ0v) is 22.8. The van der Waals surface area contributed by atoms with Gasteiger partial charge in [-0.2, -0.15) is 0 Å². The van der Waals surface area contributed by atoms with Crippen LogP contribution in [-0.2, 0) is 0 Å². The van der Waals surface area contributed by atoms with Gasteiger partial charge in [-0.05, 0) is 55.6 Å². The summed E-state index contributed by atoms with van der Waals surface area (Å²) in [4.78, 5) is 15.2. The lowest BCUT2D eigenvalue weighted by molar-refractivity contribution is 1.08. The van der Waals surface area contributed by atoms with Gasteiger partial charge in [0, 0.05) is 16.7 Å². The molecule has 0 aliphatic heterocycles. The molecule has 0 N–H and O–H groups in total. The lowest BCUT2D eigenvalue weighted by atomic mass is 9.93. The lowest BCUT2D eigenvalue weighted by Crippen LogP contribution is -2.01. The molecule has 1 heterocycles. The number of fused-ring (bicyclic) bond motifs is 5. The van der Waals surface area contributed by atoms with Gasteiger partial charge in [0.05, 0.1) is 0 Å². The molecule has 0 fully saturated rings. The molecule has 8 aromatic rings. The van der Waals surface area contributed by atoms with E-state index in [1.54, 1.807) is 0 Å². The highest BCUT2D eigenvalue weighted by atomic mass is 15.0. The van der Waals surface area contributed by atoms with Crippen LogP contribution >= 0.6 is 0 Å². The van der Waals surface area contributed by atoms with Crippen LogP contribution in [0.4, 0.5) is 0 Å². The molecule has 0 radical (unpaired) electrons. The van der Waals surface area contributed by atoms with Gasteiger partial charge in [0.15, 0.2) is 17.5 Å². The first-order valence-electron chi connectivity index (χ1n) is 14.1. The Labute approximate surface area is 243 Å². The van der Waals surface area contributed by atoms with Gasteiger partial charge >= 0.3 is 0 Å². The Morgan fingerprint density at radius 2 is 0.833 bits per heavy atom. The summed E-state index contributed by atoms with van der Waals surface area (Å²) >= 11 is 0. The van der Waals surface area contributed by atoms with Crippen LogP contribution in [-0.4, -0.2) is 15.0 Å². The van der Waals surface area contributed by atoms with E-state index >= 15 is 0 Å². The fraction of sp³-hybridized carbons (Fsp3) is 0. The maximum absolute atomic E-state index is 5.15. The maximum atomic E-state index is 5.15. The summed E-state index contributed by atoms with van der Waals surface area (Å²) in [5, 5.41) is 7.15. The molecule has 1 aromatic heterocycles. The lowest BCUT2D eigenvalue weighted by Gasteiger charge is -2.14. The molecule has 0 amide bonds. The summed E-state index contributed by atoms with van der Waals surface area (Å²) in [6.45, 7) is 0. The van der Waals surface area contributed by atoms with Crippen LogP contribution in [0.5, 0.6) is 0 Å². The average molecular weight is 536 g/mol. The third kappa shape index (κ3) is 4.20. The van der Waals surface area contributed by atoms with E-state index in [-0.39, 0.29) is 0 Å². The molecule has 42 heavy (non-hydrogen) atoms. The van der Waals surface area contributed by atoms with Crippen molar-refractivity contribution in [3.63, 3.8) is 0 Å². The second kappa shape index (κ2) is 10.1. The van der Waals surface area contributed by atoms with E-state index in [9.17, 15) is 0 Å². The second-order valence-corrected chi connectivity index (χ2v) is 10.5. The second-order valence-electron chi connectivity index (χ2n) is 10.5. The molecule has 0 unspecified atom stereocenters. The Morgan fingerprint density at radius 3 is 1.62 bits per heavy atom. The van der Waals surface area contributed by atoms with E-state index in [2.05, 4.69) is 127 Å². The zero-order chi connectivity index (χ0) is 27.9. The van der Waals surface area contributed by atoms with Crippen molar-refractivity contribution in [2.45, 2.75) is 0 Å². The van der Waals surface area contributed by atoms with Crippen molar-refractivity contribution in [3.8, 4) is 45.3 Å². The first-order chi connectivity index (χ1) is 20.8. The van der Waals surface area contributed by atoms with Gasteiger partial charge in [-0.15, -0.1) is 0 Å². The topological polar surface area (TPSA) is 38.7 Å². The van der Waals surface area contributed by atoms with Crippen LogP contribution < -0.4 is 0 Å². The highest BCUT2D eigenvalue weighted by molar-refractivity contribution is 6.20. The largest absolute Gasteiger partial charge is 0.208 e. The van der Waals surface area contributed by atoms with E-state index < -0.39 is 0 Å². The monoisotopic (exact) mass is 535 g/mol. The predicted molar refractivity (Wildman–Crippen MR) is 174 cm³/mol. The Hall–Kier alpha value is -5.67. The minimum atomic E-state index is 0.652. The van der Waals surface area contributed by atoms with Crippen molar-refractivity contribution in [1.29, 1.82) is 0 Å². The quantitative estimate of drug-likeness (QED) is 0.211. The van der Waals surface area contributed by atoms with Gasteiger partial charge in [-0.25, -0.2) is 15.0 Å². The average Bonchev–Trinajstić information content (AvgIpc) is 3.08. The molecule has 3 nitrogen and oxygen atoms in total. The van der Waals surface area contributed by atoms with Crippen molar-refractivity contribution < 1.29 is 0 Å². The van der Waals surface area contributed by atoms with Gasteiger partial charge in [-0.1, -0.05) is 140 Å². The summed E-state index contributed by atoms with van der Waals surface area (Å²) in [5.41, 5.74) is 5.18. The zero-order valence-electron chi connectivity index (χ0n) is 22.8. The molecule has 0 spiro atoms. The number of hydrogen-bond acceptors (Lipinski definition) is 3. The van der Waals surface area contributed by atoms with Crippen LogP contribution in [0.1, 0.15) is 0 Å². The Balaban J connectivity index is 1.41. The molecule has 196 valence electrons. The van der Waals surface area contributed by atoms with Crippen molar-refractivity contribution in [3.05, 3.63) is 152 Å². The normalized spacial score (nSPS) is 11.3. The van der Waals surface area contributed by atoms with E-state index in [0.29, 0.717) is 17.5 Å². The number of rotatable bonds is 4. The van der Waals surface area contributed by atoms with Crippen LogP contribution in [0, 0.1) is 0 Å². The standard InChI is InChI=1S/C39H25N3/c1-3-12-26(13-4-1)29-17-11-18-30(24-29)38-40-37(28-15-5-2-6-16-28)41-39(42-38)36-25-35-31-19-8-7-14-27(31)22-23-34(35)32-20-9-10-21-33(32)36/h1-25H. The summed E-state index contributed by atoms with van der Waals surface area (Å²) < 4.78 is 0. The smallest absolute Gasteiger partial charge is 0.164 e. The molecular formula is C39H25N3. The highest BCUT2D eigenvalue weighted by Gasteiger charge is 2.17. The summed E-state index contributed by atoms with van der Waals surface area (Å²) in [5.74, 6) is 1.97. The Kier molecular flexibility index (Phi) is 5.79. The molecule has 8 rings (SSSR count). The molecule has 0 aliphatic rings. The van der Waals surface area contributed by atoms with Gasteiger partial charge in [-0.3, -0.25) is 0 Å². The summed E-state index contributed by atoms with van der Waals surface area (Å²) in [6.07, 6.45) is 0. The first kappa shape index (κ1) is 24.2. The predicted octanol–water partition coefficient (Wildman–Crippen LogP) is 10.00. The van der Waals surface area contributed by atoms with Crippen molar-refractivity contribution >= 4 is 32.3 Å². The van der Waals surface area contributed by atoms with Gasteiger partial charge in [0.1, 0.15) is 0 Å². The highest BCUT2D eigenvalue weighted by Crippen LogP contribution is 2.38. The number of hydrogen-bond donors (Lipinski definition) is 0. The number of nitrogens with zero attached hydrogens (tertiary/aromatic N) is 3. The van der Waals surface area contributed by atoms with Crippen LogP contribution in [0.25, 0.3) is 77.6 Å². The first-order valence-corrected chi connectivity index (χ1v) is 14.1. The van der Waals surface area contributed by atoms with Crippen molar-refractivity contribution in [2.75, 3.05) is 0 Å². The van der Waals surface area contributed by atoms with Crippen LogP contribution in [0.3, 0.4) is 0 Å². The molecule has 0 bridgehead atoms. The minimum Gasteiger partial charge on any atom is -0.208 e. The minimum absolute atomic E-state index is 0.652. The van der Waals surface area contributed by atoms with Crippen molar-refractivity contribution in [1.82, 2.24) is 15.0 Å². The Morgan fingerprint density at radius 1 is 0.286 bits per heavy atom. The van der Waals surface area contributed by atoms with E-state index in [4.69, 9.17) is 15.0 Å². The molecular weight excluding hydrogens is 510 g/mol. The van der Waals surface area contributed by atoms with Gasteiger partial charge < -0.3 is 0 Å². The summed E-state index contributed by atoms with van der Waals surface area (Å²) in [6, 6.07) is 52.8. The molecule has 7 aromatic carbocycles. The third-order valence-electron chi connectivity index (χ3n) is 7.90. The van der Waals surface area contributed by atoms with Crippen LogP contribution in [0.15, 0.2) is 152 Å². The number of benzene rings is 7. The molecule has 0 aliphatic carbocycles. The SMILES string of the molecule is c1ccc(-c2cccc(-c3nc(-c4ccccc4)nc(-c4cc5c6ccccc6ccc5c5ccccc45)n3)c2)cc1. The van der Waals surface area contributed by atoms with E-state index in [0.717, 1.165) is 33.2 Å². The summed E-state index contributed by atoms with van der Waals surface area (Å²) in [7, 11) is 0. The number of aromatic nitrogens is 3. The van der Waals surface area contributed by atoms with Crippen molar-refractivity contribution in [2.24, 2.45) is 0 Å². The maximum Gasteiger partial charge on any atom is 0.164 e. The fourth-order valence-electron chi connectivity index (χ4n) is 5.86. The Bertz CT molecular complexity index is 2240. The third-order valence-corrected chi connectivity index (χ3v) is 7.90. The molecule has 0 saturated heterocycles. The van der Waals surface area contributed by atoms with E-state index in [1.807, 2.05) is 24.3 Å².